The summed E-state index contributed by atoms with van der Waals surface area (Å²) in [5, 5.41) is 25.4. The molecule has 1 saturated carbocycles. The molecule has 0 radical (unpaired) electrons. The fraction of sp³-hybridized carbons (Fsp3) is 0.800. The second-order valence-corrected chi connectivity index (χ2v) is 8.63. The first kappa shape index (κ1) is 19.8. The Morgan fingerprint density at radius 2 is 1.82 bits per heavy atom. The normalized spacial score (nSPS) is 36.5. The van der Waals surface area contributed by atoms with Crippen LogP contribution in [0, 0.1) is 37.5 Å². The lowest BCUT2D eigenvalue weighted by Gasteiger charge is -2.45. The standard InChI is InChI=1S/C20H31N3O5/c1-11-17(20(26)23-4-6-27-7-5-23)15-9-22(10-16(15)19(25)18(11)24)8-14-12(2)21-28-13(14)3/h11,15-19,24-25H,4-10H2,1-3H3/t11-,15+,16+,17+,18+,19+/m1/s1. The molecule has 1 aliphatic carbocycles. The Balaban J connectivity index is 1.55. The SMILES string of the molecule is Cc1noc(C)c1CN1C[C@@H]2[C@H](O)[C@@H](O)[C@H](C)[C@H](C(=O)N3CCOCC3)[C@H]2C1. The molecule has 4 rings (SSSR count). The summed E-state index contributed by atoms with van der Waals surface area (Å²) in [6.07, 6.45) is -1.68. The Labute approximate surface area is 165 Å². The lowest BCUT2D eigenvalue weighted by molar-refractivity contribution is -0.158. The Bertz CT molecular complexity index is 697. The van der Waals surface area contributed by atoms with Crippen molar-refractivity contribution in [1.29, 1.82) is 0 Å². The monoisotopic (exact) mass is 393 g/mol. The van der Waals surface area contributed by atoms with E-state index >= 15 is 0 Å². The van der Waals surface area contributed by atoms with Gasteiger partial charge < -0.3 is 24.4 Å². The van der Waals surface area contributed by atoms with E-state index in [4.69, 9.17) is 9.26 Å². The highest BCUT2D eigenvalue weighted by Gasteiger charge is 2.54. The van der Waals surface area contributed by atoms with E-state index in [-0.39, 0.29) is 29.6 Å². The Morgan fingerprint density at radius 1 is 1.14 bits per heavy atom. The van der Waals surface area contributed by atoms with Gasteiger partial charge >= 0.3 is 0 Å². The van der Waals surface area contributed by atoms with Crippen LogP contribution in [-0.2, 0) is 16.1 Å². The first-order valence-electron chi connectivity index (χ1n) is 10.2. The van der Waals surface area contributed by atoms with Gasteiger partial charge in [0.15, 0.2) is 0 Å². The molecule has 6 atom stereocenters. The molecule has 1 aromatic rings. The minimum atomic E-state index is -0.879. The van der Waals surface area contributed by atoms with Gasteiger partial charge in [0.2, 0.25) is 5.91 Å². The zero-order valence-electron chi connectivity index (χ0n) is 16.9. The largest absolute Gasteiger partial charge is 0.390 e. The predicted octanol–water partition coefficient (Wildman–Crippen LogP) is 0.186. The Kier molecular flexibility index (Phi) is 5.48. The van der Waals surface area contributed by atoms with E-state index in [1.165, 1.54) is 0 Å². The summed E-state index contributed by atoms with van der Waals surface area (Å²) in [6, 6.07) is 0. The first-order chi connectivity index (χ1) is 13.4. The molecule has 3 fully saturated rings. The van der Waals surface area contributed by atoms with Crippen molar-refractivity contribution in [2.45, 2.75) is 39.5 Å². The lowest BCUT2D eigenvalue weighted by atomic mass is 9.65. The van der Waals surface area contributed by atoms with Crippen molar-refractivity contribution in [3.05, 3.63) is 17.0 Å². The number of morpholine rings is 1. The smallest absolute Gasteiger partial charge is 0.226 e. The number of aliphatic hydroxyl groups is 2. The van der Waals surface area contributed by atoms with Gasteiger partial charge in [-0.25, -0.2) is 0 Å². The van der Waals surface area contributed by atoms with E-state index in [0.717, 1.165) is 23.6 Å². The average molecular weight is 393 g/mol. The van der Waals surface area contributed by atoms with Crippen LogP contribution in [0.5, 0.6) is 0 Å². The van der Waals surface area contributed by atoms with Crippen molar-refractivity contribution in [2.75, 3.05) is 39.4 Å². The summed E-state index contributed by atoms with van der Waals surface area (Å²) < 4.78 is 10.7. The number of aliphatic hydroxyl groups excluding tert-OH is 2. The number of hydrogen-bond acceptors (Lipinski definition) is 7. The molecule has 3 heterocycles. The molecule has 0 bridgehead atoms. The number of ether oxygens (including phenoxy) is 1. The van der Waals surface area contributed by atoms with Crippen LogP contribution in [-0.4, -0.2) is 82.7 Å². The van der Waals surface area contributed by atoms with Gasteiger partial charge in [0.05, 0.1) is 31.1 Å². The molecule has 156 valence electrons. The fourth-order valence-electron chi connectivity index (χ4n) is 5.33. The van der Waals surface area contributed by atoms with Crippen LogP contribution in [0.1, 0.15) is 23.9 Å². The molecule has 0 unspecified atom stereocenters. The highest BCUT2D eigenvalue weighted by atomic mass is 16.5. The van der Waals surface area contributed by atoms with Crippen molar-refractivity contribution in [2.24, 2.45) is 23.7 Å². The molecule has 2 saturated heterocycles. The number of carbonyl (C=O) groups excluding carboxylic acids is 1. The van der Waals surface area contributed by atoms with E-state index < -0.39 is 12.2 Å². The second-order valence-electron chi connectivity index (χ2n) is 8.63. The van der Waals surface area contributed by atoms with Crippen LogP contribution in [0.2, 0.25) is 0 Å². The summed E-state index contributed by atoms with van der Waals surface area (Å²) >= 11 is 0. The molecule has 1 amide bonds. The van der Waals surface area contributed by atoms with Crippen LogP contribution in [0.4, 0.5) is 0 Å². The third-order valence-electron chi connectivity index (χ3n) is 7.01. The van der Waals surface area contributed by atoms with Gasteiger partial charge in [-0.2, -0.15) is 0 Å². The summed E-state index contributed by atoms with van der Waals surface area (Å²) in [7, 11) is 0. The van der Waals surface area contributed by atoms with Crippen molar-refractivity contribution >= 4 is 5.91 Å². The van der Waals surface area contributed by atoms with Gasteiger partial charge in [-0.05, 0) is 25.7 Å². The molecule has 0 spiro atoms. The number of amides is 1. The zero-order valence-corrected chi connectivity index (χ0v) is 16.9. The minimum Gasteiger partial charge on any atom is -0.390 e. The number of aryl methyl sites for hydroxylation is 2. The summed E-state index contributed by atoms with van der Waals surface area (Å²) in [5.41, 5.74) is 1.94. The third-order valence-corrected chi connectivity index (χ3v) is 7.01. The van der Waals surface area contributed by atoms with Crippen LogP contribution in [0.25, 0.3) is 0 Å². The number of hydrogen-bond donors (Lipinski definition) is 2. The molecule has 2 N–H and O–H groups in total. The van der Waals surface area contributed by atoms with Gasteiger partial charge in [0, 0.05) is 50.1 Å². The first-order valence-corrected chi connectivity index (χ1v) is 10.2. The summed E-state index contributed by atoms with van der Waals surface area (Å²) in [5.74, 6) is 0.269. The van der Waals surface area contributed by atoms with Gasteiger partial charge in [-0.1, -0.05) is 12.1 Å². The maximum absolute atomic E-state index is 13.3. The summed E-state index contributed by atoms with van der Waals surface area (Å²) in [4.78, 5) is 17.4. The third kappa shape index (κ3) is 3.36. The number of likely N-dealkylation sites (tertiary alicyclic amines) is 1. The van der Waals surface area contributed by atoms with Crippen LogP contribution in [0.15, 0.2) is 4.52 Å². The van der Waals surface area contributed by atoms with Crippen LogP contribution < -0.4 is 0 Å². The van der Waals surface area contributed by atoms with E-state index in [2.05, 4.69) is 10.1 Å². The maximum Gasteiger partial charge on any atom is 0.226 e. The van der Waals surface area contributed by atoms with Gasteiger partial charge in [0.25, 0.3) is 0 Å². The molecule has 8 nitrogen and oxygen atoms in total. The maximum atomic E-state index is 13.3. The van der Waals surface area contributed by atoms with Crippen LogP contribution in [0.3, 0.4) is 0 Å². The Morgan fingerprint density at radius 3 is 2.46 bits per heavy atom. The Hall–Kier alpha value is -1.48. The molecule has 3 aliphatic rings. The van der Waals surface area contributed by atoms with Gasteiger partial charge in [-0.3, -0.25) is 9.69 Å². The molecule has 1 aromatic heterocycles. The highest BCUT2D eigenvalue weighted by molar-refractivity contribution is 5.80. The molecule has 28 heavy (non-hydrogen) atoms. The topological polar surface area (TPSA) is 99.3 Å². The average Bonchev–Trinajstić information content (AvgIpc) is 3.25. The molecular formula is C20H31N3O5. The predicted molar refractivity (Wildman–Crippen MR) is 100 cm³/mol. The zero-order chi connectivity index (χ0) is 20.0. The number of aromatic nitrogens is 1. The number of rotatable bonds is 3. The van der Waals surface area contributed by atoms with E-state index in [1.807, 2.05) is 25.7 Å². The van der Waals surface area contributed by atoms with E-state index in [1.54, 1.807) is 0 Å². The van der Waals surface area contributed by atoms with Crippen molar-refractivity contribution in [3.8, 4) is 0 Å². The van der Waals surface area contributed by atoms with Crippen molar-refractivity contribution in [1.82, 2.24) is 15.0 Å². The minimum absolute atomic E-state index is 0.0317. The number of nitrogens with zero attached hydrogens (tertiary/aromatic N) is 3. The number of fused-ring (bicyclic) bond motifs is 1. The van der Waals surface area contributed by atoms with Crippen LogP contribution >= 0.6 is 0 Å². The lowest BCUT2D eigenvalue weighted by Crippen LogP contribution is -2.57. The van der Waals surface area contributed by atoms with Gasteiger partial charge in [-0.15, -0.1) is 0 Å². The molecule has 8 heteroatoms. The second kappa shape index (κ2) is 7.74. The summed E-state index contributed by atoms with van der Waals surface area (Å²) in [6.45, 7) is 10.1. The van der Waals surface area contributed by atoms with Crippen molar-refractivity contribution in [3.63, 3.8) is 0 Å². The molecule has 0 aromatic carbocycles. The molecule has 2 aliphatic heterocycles. The van der Waals surface area contributed by atoms with E-state index in [0.29, 0.717) is 39.4 Å². The van der Waals surface area contributed by atoms with Crippen molar-refractivity contribution < 1.29 is 24.3 Å². The van der Waals surface area contributed by atoms with Gasteiger partial charge in [0.1, 0.15) is 5.76 Å². The fourth-order valence-corrected chi connectivity index (χ4v) is 5.33. The quantitative estimate of drug-likeness (QED) is 0.756. The highest BCUT2D eigenvalue weighted by Crippen LogP contribution is 2.44. The van der Waals surface area contributed by atoms with E-state index in [9.17, 15) is 15.0 Å². The number of carbonyl (C=O) groups is 1. The molecular weight excluding hydrogens is 362 g/mol.